The van der Waals surface area contributed by atoms with Gasteiger partial charge >= 0.3 is 5.97 Å². The van der Waals surface area contributed by atoms with Gasteiger partial charge < -0.3 is 78.0 Å². The number of carboxylic acid groups (broad SMARTS) is 1. The molecule has 1 fully saturated rings. The minimum atomic E-state index is -2.44. The lowest BCUT2D eigenvalue weighted by molar-refractivity contribution is -0.145. The Morgan fingerprint density at radius 1 is 0.845 bits per heavy atom. The van der Waals surface area contributed by atoms with Gasteiger partial charge in [0.25, 0.3) is 5.91 Å². The average molecular weight is 1200 g/mol. The van der Waals surface area contributed by atoms with Crippen LogP contribution in [0.3, 0.4) is 0 Å². The summed E-state index contributed by atoms with van der Waals surface area (Å²) in [7, 11) is -2.44. The predicted octanol–water partition coefficient (Wildman–Crippen LogP) is -5.07. The molecular weight excluding hydrogens is 1120 g/mol. The van der Waals surface area contributed by atoms with Gasteiger partial charge in [-0.1, -0.05) is 33.3 Å². The molecule has 3 aliphatic heterocycles. The van der Waals surface area contributed by atoms with Crippen molar-refractivity contribution >= 4 is 98.2 Å². The van der Waals surface area contributed by atoms with Crippen LogP contribution in [0.15, 0.2) is 23.2 Å². The number of aliphatic hydroxyl groups is 3. The van der Waals surface area contributed by atoms with E-state index in [4.69, 9.17) is 15.6 Å². The number of nitrogens with one attached hydrogen (secondary N) is 8. The fraction of sp³-hybridized carbons (Fsp3) is 0.574. The normalized spacial score (nSPS) is 24.2. The quantitative estimate of drug-likeness (QED) is 0.0462. The summed E-state index contributed by atoms with van der Waals surface area (Å²) in [5.74, 6) is -12.7. The van der Waals surface area contributed by atoms with Gasteiger partial charge in [0.2, 0.25) is 47.3 Å². The van der Waals surface area contributed by atoms with Gasteiger partial charge in [-0.25, -0.2) is 4.79 Å². The molecule has 11 atom stereocenters. The van der Waals surface area contributed by atoms with Crippen LogP contribution in [0.1, 0.15) is 83.3 Å². The predicted molar refractivity (Wildman–Crippen MR) is 293 cm³/mol. The first-order valence-electron chi connectivity index (χ1n) is 27.3. The number of fused-ring (bicyclic) bond motifs is 5. The summed E-state index contributed by atoms with van der Waals surface area (Å²) in [6, 6.07) is -3.63. The van der Waals surface area contributed by atoms with Crippen LogP contribution in [0, 0.1) is 29.6 Å². The second-order valence-electron chi connectivity index (χ2n) is 20.9. The minimum absolute atomic E-state index is 0.00108. The molecule has 84 heavy (non-hydrogen) atoms. The van der Waals surface area contributed by atoms with Crippen LogP contribution in [-0.2, 0) is 90.7 Å². The molecule has 14 N–H and O–H groups in total. The molecule has 0 radical (unpaired) electrons. The number of hydrogen-bond donors (Lipinski definition) is 13. The topological polar surface area (TPSA) is 458 Å². The number of amides is 9. The van der Waals surface area contributed by atoms with E-state index in [9.17, 15) is 77.6 Å². The van der Waals surface area contributed by atoms with E-state index in [0.717, 1.165) is 4.90 Å². The van der Waals surface area contributed by atoms with Crippen molar-refractivity contribution < 1.29 is 91.7 Å². The molecule has 458 valence electrons. The Bertz CT molecular complexity index is 2960. The summed E-state index contributed by atoms with van der Waals surface area (Å²) in [5.41, 5.74) is 6.26. The van der Waals surface area contributed by atoms with Crippen molar-refractivity contribution in [1.29, 1.82) is 0 Å². The van der Waals surface area contributed by atoms with E-state index in [1.807, 2.05) is 5.92 Å². The van der Waals surface area contributed by atoms with Crippen LogP contribution in [0.2, 0.25) is 0 Å². The molecule has 2 aromatic rings. The fourth-order valence-corrected chi connectivity index (χ4v) is 11.2. The van der Waals surface area contributed by atoms with E-state index in [0.29, 0.717) is 12.0 Å². The van der Waals surface area contributed by atoms with E-state index >= 15 is 4.21 Å². The lowest BCUT2D eigenvalue weighted by atomic mass is 9.93. The summed E-state index contributed by atoms with van der Waals surface area (Å²) in [5, 5.41) is 57.6. The number of carboxylic acids is 1. The van der Waals surface area contributed by atoms with E-state index in [1.54, 1.807) is 25.8 Å². The highest BCUT2D eigenvalue weighted by atomic mass is 32.2. The van der Waals surface area contributed by atoms with Crippen LogP contribution in [0.4, 0.5) is 0 Å². The molecule has 3 aliphatic rings. The van der Waals surface area contributed by atoms with Gasteiger partial charge in [-0.3, -0.25) is 61.7 Å². The van der Waals surface area contributed by atoms with Gasteiger partial charge in [0.05, 0.1) is 73.6 Å². The number of carbonyl (C=O) groups is 13. The maximum atomic E-state index is 15.1. The van der Waals surface area contributed by atoms with Crippen molar-refractivity contribution in [3.8, 4) is 11.8 Å². The molecule has 0 spiro atoms. The van der Waals surface area contributed by atoms with Gasteiger partial charge in [-0.2, -0.15) is 0 Å². The van der Waals surface area contributed by atoms with Gasteiger partial charge in [0.1, 0.15) is 40.8 Å². The van der Waals surface area contributed by atoms with Crippen molar-refractivity contribution in [3.63, 3.8) is 0 Å². The number of nitrogens with zero attached hydrogens (tertiary/aromatic N) is 1. The van der Waals surface area contributed by atoms with Crippen molar-refractivity contribution in [3.05, 3.63) is 29.3 Å². The smallest absolute Gasteiger partial charge is 0.382 e. The van der Waals surface area contributed by atoms with Crippen molar-refractivity contribution in [2.45, 2.75) is 132 Å². The Balaban J connectivity index is 1.57. The van der Waals surface area contributed by atoms with Crippen molar-refractivity contribution in [1.82, 2.24) is 47.1 Å². The SMILES string of the molecule is CC[C@H](C)[C@@H]1NC(=O)CNC(=O)[C@H]2Cc3c([nH]c4ccc(CC(=O)CCCC(=O)CCOCCNC(=O)C#CC(=O)O)cc34)S(=O)C[C@H](NC(=O)CNC1=O)C(=O)C[C@@H](CC(N)=O)C(=O)N1C[C@H](O)C[C@H]1C(=O)N[C@@H](C(C)C(O)CO)C(=O)N2. The maximum Gasteiger partial charge on any atom is 0.382 e. The Kier molecular flexibility index (Phi) is 25.1. The number of Topliss-reactive ketones (excluding diaryl/α,β-unsaturated/α-hetero) is 3. The van der Waals surface area contributed by atoms with Crippen LogP contribution in [-0.4, -0.2) is 205 Å². The summed E-state index contributed by atoms with van der Waals surface area (Å²) < 4.78 is 20.4. The molecule has 0 saturated carbocycles. The first kappa shape index (κ1) is 66.8. The van der Waals surface area contributed by atoms with Gasteiger partial charge in [0, 0.05) is 93.1 Å². The third-order valence-electron chi connectivity index (χ3n) is 14.6. The number of rotatable bonds is 19. The zero-order valence-electron chi connectivity index (χ0n) is 46.6. The monoisotopic (exact) mass is 1200 g/mol. The zero-order valence-corrected chi connectivity index (χ0v) is 47.4. The zero-order chi connectivity index (χ0) is 61.9. The number of H-pyrrole nitrogens is 1. The second kappa shape index (κ2) is 31.6. The lowest BCUT2D eigenvalue weighted by Gasteiger charge is -2.32. The van der Waals surface area contributed by atoms with Crippen molar-refractivity contribution in [2.75, 3.05) is 51.8 Å². The average Bonchev–Trinajstić information content (AvgIpc) is 2.58. The number of nitrogens with two attached hydrogens (primary N) is 1. The molecule has 2 bridgehead atoms. The summed E-state index contributed by atoms with van der Waals surface area (Å²) >= 11 is 0. The third kappa shape index (κ3) is 19.3. The first-order chi connectivity index (χ1) is 39.8. The number of carbonyl (C=O) groups excluding carboxylic acids is 12. The molecule has 4 heterocycles. The Morgan fingerprint density at radius 3 is 2.21 bits per heavy atom. The highest BCUT2D eigenvalue weighted by molar-refractivity contribution is 7.85. The number of primary amides is 1. The number of aromatic nitrogens is 1. The number of ether oxygens (including phenoxy) is 1. The van der Waals surface area contributed by atoms with Crippen LogP contribution in [0.5, 0.6) is 0 Å². The fourth-order valence-electron chi connectivity index (χ4n) is 9.73. The van der Waals surface area contributed by atoms with E-state index < -0.39 is 194 Å². The van der Waals surface area contributed by atoms with Crippen LogP contribution < -0.4 is 43.0 Å². The van der Waals surface area contributed by atoms with E-state index in [1.165, 1.54) is 19.1 Å². The molecule has 5 rings (SSSR count). The van der Waals surface area contributed by atoms with E-state index in [-0.39, 0.29) is 84.9 Å². The standard InChI is InChI=1S/C54H72N10O19S/c1-4-27(2)47-51(79)58-22-44(73)59-38-26-84(82)53-35(34-17-29(8-9-36(34)61-53)16-32(67)7-5-6-31(66)12-14-83-15-13-56-43(72)10-11-46(75)76)21-37(49(77)57-23-45(74)62-47)60-52(80)48(28(3)41(70)25-65)63-50(78)39-20-33(68)24-64(39)54(81)30(18-40(38)69)19-42(55)71/h8-9,17,27-28,30,33,37-39,41,47-48,61,65,68,70H,4-7,12-16,18-26H2,1-3H3,(H2,55,71)(H,56,72)(H,57,77)(H,58,79)(H,59,73)(H,60,80)(H,62,74)(H,63,78)(H,75,76)/t27-,28?,30-,33+,37+,38-,39-,41?,47-,48-,84?/m0/s1. The summed E-state index contributed by atoms with van der Waals surface area (Å²) in [4.78, 5) is 178. The number of aliphatic carboxylic acids is 1. The molecule has 30 heteroatoms. The van der Waals surface area contributed by atoms with Crippen LogP contribution >= 0.6 is 0 Å². The van der Waals surface area contributed by atoms with Crippen molar-refractivity contribution in [2.24, 2.45) is 23.5 Å². The number of ketones is 3. The number of aromatic amines is 1. The minimum Gasteiger partial charge on any atom is -0.472 e. The second-order valence-corrected chi connectivity index (χ2v) is 22.3. The number of hydrogen-bond acceptors (Lipinski definition) is 18. The van der Waals surface area contributed by atoms with E-state index in [2.05, 4.69) is 42.2 Å². The van der Waals surface area contributed by atoms with Gasteiger partial charge in [-0.15, -0.1) is 0 Å². The molecule has 3 unspecified atom stereocenters. The molecule has 9 amide bonds. The molecule has 1 aromatic heterocycles. The highest BCUT2D eigenvalue weighted by Crippen LogP contribution is 2.30. The lowest BCUT2D eigenvalue weighted by Crippen LogP contribution is -2.61. The van der Waals surface area contributed by atoms with Gasteiger partial charge in [-0.05, 0) is 35.6 Å². The molecule has 1 aromatic carbocycles. The molecule has 0 aliphatic carbocycles. The number of benzene rings is 1. The Morgan fingerprint density at radius 2 is 1.54 bits per heavy atom. The summed E-state index contributed by atoms with van der Waals surface area (Å²) in [6.07, 6.45) is -5.47. The number of aliphatic hydroxyl groups excluding tert-OH is 3. The third-order valence-corrected chi connectivity index (χ3v) is 16.0. The largest absolute Gasteiger partial charge is 0.472 e. The summed E-state index contributed by atoms with van der Waals surface area (Å²) in [6.45, 7) is 1.64. The molecule has 1 saturated heterocycles. The highest BCUT2D eigenvalue weighted by Gasteiger charge is 2.45. The maximum absolute atomic E-state index is 15.1. The Hall–Kier alpha value is -7.98. The molecular formula is C54H72N10O19S. The van der Waals surface area contributed by atoms with Gasteiger partial charge in [0.15, 0.2) is 5.78 Å². The first-order valence-corrected chi connectivity index (χ1v) is 28.6. The molecule has 29 nitrogen and oxygen atoms in total. The Labute approximate surface area is 484 Å². The van der Waals surface area contributed by atoms with Crippen LogP contribution in [0.25, 0.3) is 10.9 Å².